The van der Waals surface area contributed by atoms with Gasteiger partial charge in [-0.25, -0.2) is 0 Å². The predicted molar refractivity (Wildman–Crippen MR) is 72.8 cm³/mol. The minimum absolute atomic E-state index is 0.250. The Morgan fingerprint density at radius 2 is 1.94 bits per heavy atom. The molecule has 96 valence electrons. The normalized spacial score (nSPS) is 15.3. The molecule has 3 heteroatoms. The molecular weight excluding hydrogens is 210 g/mol. The average molecular weight is 235 g/mol. The van der Waals surface area contributed by atoms with Crippen LogP contribution in [0.3, 0.4) is 0 Å². The van der Waals surface area contributed by atoms with E-state index in [1.54, 1.807) is 0 Å². The highest BCUT2D eigenvalue weighted by Crippen LogP contribution is 2.22. The average Bonchev–Trinajstić information content (AvgIpc) is 2.31. The molecule has 2 N–H and O–H groups in total. The summed E-state index contributed by atoms with van der Waals surface area (Å²) in [4.78, 5) is 6.70. The first kappa shape index (κ1) is 14.1. The van der Waals surface area contributed by atoms with Gasteiger partial charge in [0.15, 0.2) is 0 Å². The zero-order valence-electron chi connectivity index (χ0n) is 11.6. The summed E-state index contributed by atoms with van der Waals surface area (Å²) in [5.74, 6) is 0.618. The van der Waals surface area contributed by atoms with Crippen molar-refractivity contribution >= 4 is 0 Å². The Balaban J connectivity index is 2.87. The van der Waals surface area contributed by atoms with Gasteiger partial charge in [0.1, 0.15) is 0 Å². The van der Waals surface area contributed by atoms with Gasteiger partial charge in [0.25, 0.3) is 0 Å². The van der Waals surface area contributed by atoms with Crippen molar-refractivity contribution in [3.8, 4) is 0 Å². The van der Waals surface area contributed by atoms with Gasteiger partial charge in [-0.05, 0) is 38.4 Å². The van der Waals surface area contributed by atoms with Crippen molar-refractivity contribution in [1.82, 2.24) is 9.88 Å². The lowest BCUT2D eigenvalue weighted by Gasteiger charge is -2.34. The molecule has 3 nitrogen and oxygen atoms in total. The SMILES string of the molecule is Cc1ccc(C(CN)N(C)C(C)C(C)C)cn1. The van der Waals surface area contributed by atoms with Crippen LogP contribution in [0.2, 0.25) is 0 Å². The van der Waals surface area contributed by atoms with E-state index in [2.05, 4.69) is 43.8 Å². The van der Waals surface area contributed by atoms with E-state index in [4.69, 9.17) is 5.73 Å². The molecule has 0 aromatic carbocycles. The maximum absolute atomic E-state index is 5.91. The number of rotatable bonds is 5. The summed E-state index contributed by atoms with van der Waals surface area (Å²) in [6.07, 6.45) is 1.94. The minimum atomic E-state index is 0.250. The van der Waals surface area contributed by atoms with Crippen LogP contribution in [0.5, 0.6) is 0 Å². The summed E-state index contributed by atoms with van der Waals surface area (Å²) >= 11 is 0. The van der Waals surface area contributed by atoms with E-state index in [0.717, 1.165) is 5.69 Å². The molecule has 0 saturated heterocycles. The highest BCUT2D eigenvalue weighted by Gasteiger charge is 2.22. The molecule has 1 heterocycles. The van der Waals surface area contributed by atoms with Crippen molar-refractivity contribution in [2.75, 3.05) is 13.6 Å². The first-order valence-corrected chi connectivity index (χ1v) is 6.32. The standard InChI is InChI=1S/C14H25N3/c1-10(2)12(4)17(5)14(8-15)13-7-6-11(3)16-9-13/h6-7,9-10,12,14H,8,15H2,1-5H3. The number of nitrogens with zero attached hydrogens (tertiary/aromatic N) is 2. The maximum Gasteiger partial charge on any atom is 0.0485 e. The van der Waals surface area contributed by atoms with Gasteiger partial charge in [0.05, 0.1) is 0 Å². The lowest BCUT2D eigenvalue weighted by molar-refractivity contribution is 0.151. The van der Waals surface area contributed by atoms with Crippen LogP contribution in [0, 0.1) is 12.8 Å². The number of aryl methyl sites for hydroxylation is 1. The molecule has 0 bridgehead atoms. The molecule has 2 unspecified atom stereocenters. The smallest absolute Gasteiger partial charge is 0.0485 e. The largest absolute Gasteiger partial charge is 0.329 e. The van der Waals surface area contributed by atoms with E-state index in [1.165, 1.54) is 5.56 Å². The quantitative estimate of drug-likeness (QED) is 0.852. The summed E-state index contributed by atoms with van der Waals surface area (Å²) in [7, 11) is 2.14. The van der Waals surface area contributed by atoms with Crippen LogP contribution < -0.4 is 5.73 Å². The third kappa shape index (κ3) is 3.51. The molecule has 0 aliphatic heterocycles. The number of nitrogens with two attached hydrogens (primary N) is 1. The maximum atomic E-state index is 5.91. The van der Waals surface area contributed by atoms with Gasteiger partial charge < -0.3 is 5.73 Å². The number of likely N-dealkylation sites (N-methyl/N-ethyl adjacent to an activating group) is 1. The summed E-state index contributed by atoms with van der Waals surface area (Å²) in [6.45, 7) is 9.35. The number of hydrogen-bond acceptors (Lipinski definition) is 3. The molecule has 1 aromatic rings. The second kappa shape index (κ2) is 6.12. The second-order valence-electron chi connectivity index (χ2n) is 5.13. The molecule has 0 aliphatic carbocycles. The summed E-state index contributed by atoms with van der Waals surface area (Å²) in [5, 5.41) is 0. The highest BCUT2D eigenvalue weighted by atomic mass is 15.2. The van der Waals surface area contributed by atoms with Gasteiger partial charge in [0.2, 0.25) is 0 Å². The summed E-state index contributed by atoms with van der Waals surface area (Å²) in [5.41, 5.74) is 8.16. The lowest BCUT2D eigenvalue weighted by Crippen LogP contribution is -2.39. The van der Waals surface area contributed by atoms with Crippen molar-refractivity contribution in [1.29, 1.82) is 0 Å². The number of aromatic nitrogens is 1. The Hall–Kier alpha value is -0.930. The van der Waals surface area contributed by atoms with Crippen molar-refractivity contribution < 1.29 is 0 Å². The van der Waals surface area contributed by atoms with E-state index in [1.807, 2.05) is 19.2 Å². The Bertz CT molecular complexity index is 332. The molecule has 2 atom stereocenters. The van der Waals surface area contributed by atoms with Crippen LogP contribution in [-0.4, -0.2) is 29.5 Å². The molecule has 0 fully saturated rings. The molecule has 0 aliphatic rings. The topological polar surface area (TPSA) is 42.1 Å². The molecule has 1 aromatic heterocycles. The molecule has 0 radical (unpaired) electrons. The molecule has 0 saturated carbocycles. The molecule has 17 heavy (non-hydrogen) atoms. The molecule has 1 rings (SSSR count). The monoisotopic (exact) mass is 235 g/mol. The van der Waals surface area contributed by atoms with Gasteiger partial charge in [-0.1, -0.05) is 19.9 Å². The zero-order chi connectivity index (χ0) is 13.0. The van der Waals surface area contributed by atoms with E-state index < -0.39 is 0 Å². The summed E-state index contributed by atoms with van der Waals surface area (Å²) < 4.78 is 0. The fraction of sp³-hybridized carbons (Fsp3) is 0.643. The van der Waals surface area contributed by atoms with E-state index in [0.29, 0.717) is 18.5 Å². The van der Waals surface area contributed by atoms with Gasteiger partial charge in [-0.2, -0.15) is 0 Å². The zero-order valence-corrected chi connectivity index (χ0v) is 11.6. The predicted octanol–water partition coefficient (Wildman–Crippen LogP) is 2.37. The molecular formula is C14H25N3. The van der Waals surface area contributed by atoms with Crippen LogP contribution in [0.15, 0.2) is 18.3 Å². The van der Waals surface area contributed by atoms with Crippen LogP contribution >= 0.6 is 0 Å². The fourth-order valence-corrected chi connectivity index (χ4v) is 1.97. The highest BCUT2D eigenvalue weighted by molar-refractivity contribution is 5.18. The van der Waals surface area contributed by atoms with E-state index in [9.17, 15) is 0 Å². The minimum Gasteiger partial charge on any atom is -0.329 e. The van der Waals surface area contributed by atoms with Crippen LogP contribution in [0.4, 0.5) is 0 Å². The van der Waals surface area contributed by atoms with E-state index in [-0.39, 0.29) is 6.04 Å². The first-order chi connectivity index (χ1) is 7.97. The molecule has 0 spiro atoms. The van der Waals surface area contributed by atoms with Gasteiger partial charge in [-0.15, -0.1) is 0 Å². The van der Waals surface area contributed by atoms with Crippen LogP contribution in [0.1, 0.15) is 38.1 Å². The summed E-state index contributed by atoms with van der Waals surface area (Å²) in [6, 6.07) is 4.93. The van der Waals surface area contributed by atoms with Gasteiger partial charge in [-0.3, -0.25) is 9.88 Å². The third-order valence-electron chi connectivity index (χ3n) is 3.64. The Morgan fingerprint density at radius 3 is 2.35 bits per heavy atom. The Labute approximate surface area is 105 Å². The van der Waals surface area contributed by atoms with E-state index >= 15 is 0 Å². The van der Waals surface area contributed by atoms with Gasteiger partial charge >= 0.3 is 0 Å². The van der Waals surface area contributed by atoms with Crippen molar-refractivity contribution in [2.24, 2.45) is 11.7 Å². The third-order valence-corrected chi connectivity index (χ3v) is 3.64. The molecule has 0 amide bonds. The number of hydrogen-bond donors (Lipinski definition) is 1. The lowest BCUT2D eigenvalue weighted by atomic mass is 10.00. The van der Waals surface area contributed by atoms with Crippen molar-refractivity contribution in [3.05, 3.63) is 29.6 Å². The van der Waals surface area contributed by atoms with Crippen LogP contribution in [-0.2, 0) is 0 Å². The van der Waals surface area contributed by atoms with Crippen LogP contribution in [0.25, 0.3) is 0 Å². The van der Waals surface area contributed by atoms with Gasteiger partial charge in [0, 0.05) is 30.5 Å². The Kier molecular flexibility index (Phi) is 5.09. The first-order valence-electron chi connectivity index (χ1n) is 6.32. The fourth-order valence-electron chi connectivity index (χ4n) is 1.97. The van der Waals surface area contributed by atoms with Crippen molar-refractivity contribution in [2.45, 2.75) is 39.8 Å². The van der Waals surface area contributed by atoms with Crippen molar-refractivity contribution in [3.63, 3.8) is 0 Å². The number of pyridine rings is 1. The second-order valence-corrected chi connectivity index (χ2v) is 5.13. The Morgan fingerprint density at radius 1 is 1.29 bits per heavy atom.